The fourth-order valence-electron chi connectivity index (χ4n) is 3.21. The van der Waals surface area contributed by atoms with Crippen LogP contribution in [0.3, 0.4) is 0 Å². The Balaban J connectivity index is 1.57. The van der Waals surface area contributed by atoms with E-state index in [2.05, 4.69) is 15.0 Å². The Morgan fingerprint density at radius 1 is 1.35 bits per heavy atom. The zero-order chi connectivity index (χ0) is 18.1. The minimum Gasteiger partial charge on any atom is -0.454 e. The molecule has 1 aliphatic carbocycles. The van der Waals surface area contributed by atoms with Crippen LogP contribution in [0.1, 0.15) is 39.5 Å². The monoisotopic (exact) mass is 386 g/mol. The number of hydrogen-bond donors (Lipinski definition) is 1. The highest BCUT2D eigenvalue weighted by Gasteiger charge is 2.21. The third-order valence-electron chi connectivity index (χ3n) is 4.41. The second kappa shape index (κ2) is 7.20. The number of aryl methyl sites for hydroxylation is 2. The second-order valence-electron chi connectivity index (χ2n) is 6.05. The van der Waals surface area contributed by atoms with Crippen LogP contribution in [0.15, 0.2) is 23.4 Å². The van der Waals surface area contributed by atoms with E-state index < -0.39 is 5.97 Å². The minimum absolute atomic E-state index is 0.00967. The van der Waals surface area contributed by atoms with Crippen LogP contribution in [0.5, 0.6) is 0 Å². The van der Waals surface area contributed by atoms with Crippen LogP contribution in [0, 0.1) is 0 Å². The number of hydrogen-bond acceptors (Lipinski definition) is 8. The Morgan fingerprint density at radius 2 is 2.19 bits per heavy atom. The molecule has 3 aromatic heterocycles. The molecule has 0 saturated carbocycles. The molecule has 0 bridgehead atoms. The average molecular weight is 387 g/mol. The van der Waals surface area contributed by atoms with Gasteiger partial charge in [-0.25, -0.2) is 19.7 Å². The molecule has 0 amide bonds. The first-order chi connectivity index (χ1) is 12.7. The normalized spacial score (nSPS) is 13.6. The molecule has 134 valence electrons. The third kappa shape index (κ3) is 3.14. The van der Waals surface area contributed by atoms with Gasteiger partial charge in [0.15, 0.2) is 12.4 Å². The maximum Gasteiger partial charge on any atom is 0.341 e. The Kier molecular flexibility index (Phi) is 4.78. The van der Waals surface area contributed by atoms with Crippen molar-refractivity contribution < 1.29 is 9.53 Å². The van der Waals surface area contributed by atoms with Gasteiger partial charge in [0.05, 0.1) is 10.9 Å². The highest BCUT2D eigenvalue weighted by atomic mass is 32.2. The number of nitrogen functional groups attached to an aromatic ring is 1. The van der Waals surface area contributed by atoms with Crippen molar-refractivity contribution in [1.29, 1.82) is 0 Å². The molecule has 0 atom stereocenters. The largest absolute Gasteiger partial charge is 0.454 e. The molecular formula is C18H18N4O2S2. The number of carbonyl (C=O) groups is 1. The van der Waals surface area contributed by atoms with Crippen LogP contribution < -0.4 is 5.73 Å². The molecule has 0 saturated heterocycles. The van der Waals surface area contributed by atoms with E-state index >= 15 is 0 Å². The van der Waals surface area contributed by atoms with Crippen LogP contribution in [-0.2, 0) is 24.2 Å². The first kappa shape index (κ1) is 17.2. The summed E-state index contributed by atoms with van der Waals surface area (Å²) in [7, 11) is 0. The summed E-state index contributed by atoms with van der Waals surface area (Å²) in [5, 5.41) is 1.62. The summed E-state index contributed by atoms with van der Waals surface area (Å²) in [6, 6.07) is 3.42. The van der Waals surface area contributed by atoms with Crippen molar-refractivity contribution in [3.63, 3.8) is 0 Å². The summed E-state index contributed by atoms with van der Waals surface area (Å²) in [6.45, 7) is -0.00967. The molecule has 8 heteroatoms. The smallest absolute Gasteiger partial charge is 0.341 e. The van der Waals surface area contributed by atoms with Gasteiger partial charge in [-0.05, 0) is 49.6 Å². The first-order valence-corrected chi connectivity index (χ1v) is 10.4. The van der Waals surface area contributed by atoms with Crippen molar-refractivity contribution in [3.8, 4) is 0 Å². The lowest BCUT2D eigenvalue weighted by Crippen LogP contribution is -2.10. The number of aromatic nitrogens is 3. The number of esters is 1. The van der Waals surface area contributed by atoms with Crippen LogP contribution in [0.25, 0.3) is 10.2 Å². The van der Waals surface area contributed by atoms with E-state index in [0.29, 0.717) is 22.2 Å². The molecule has 2 N–H and O–H groups in total. The predicted molar refractivity (Wildman–Crippen MR) is 104 cm³/mol. The molecule has 0 unspecified atom stereocenters. The van der Waals surface area contributed by atoms with Gasteiger partial charge in [0.2, 0.25) is 0 Å². The maximum absolute atomic E-state index is 12.3. The number of carbonyl (C=O) groups excluding carboxylic acids is 1. The average Bonchev–Trinajstić information content (AvgIpc) is 3.05. The summed E-state index contributed by atoms with van der Waals surface area (Å²) >= 11 is 3.08. The number of ether oxygens (including phenoxy) is 1. The Morgan fingerprint density at radius 3 is 3.04 bits per heavy atom. The molecule has 3 heterocycles. The molecular weight excluding hydrogens is 368 g/mol. The number of thioether (sulfide) groups is 1. The lowest BCUT2D eigenvalue weighted by Gasteiger charge is -2.11. The minimum atomic E-state index is -0.435. The third-order valence-corrected chi connectivity index (χ3v) is 6.30. The van der Waals surface area contributed by atoms with Crippen molar-refractivity contribution in [2.24, 2.45) is 0 Å². The molecule has 3 aromatic rings. The van der Waals surface area contributed by atoms with Gasteiger partial charge >= 0.3 is 5.97 Å². The summed E-state index contributed by atoms with van der Waals surface area (Å²) in [4.78, 5) is 27.7. The summed E-state index contributed by atoms with van der Waals surface area (Å²) in [5.74, 6) is 0.471. The van der Waals surface area contributed by atoms with E-state index in [9.17, 15) is 4.79 Å². The molecule has 0 spiro atoms. The van der Waals surface area contributed by atoms with E-state index in [-0.39, 0.29) is 6.61 Å². The molecule has 4 rings (SSSR count). The number of pyridine rings is 1. The maximum atomic E-state index is 12.3. The topological polar surface area (TPSA) is 91.0 Å². The van der Waals surface area contributed by atoms with Gasteiger partial charge in [-0.2, -0.15) is 0 Å². The van der Waals surface area contributed by atoms with E-state index in [4.69, 9.17) is 10.5 Å². The van der Waals surface area contributed by atoms with Crippen LogP contribution in [0.2, 0.25) is 0 Å². The van der Waals surface area contributed by atoms with Crippen LogP contribution in [-0.4, -0.2) is 27.2 Å². The van der Waals surface area contributed by atoms with Gasteiger partial charge in [0, 0.05) is 11.1 Å². The Bertz CT molecular complexity index is 987. The van der Waals surface area contributed by atoms with Crippen molar-refractivity contribution in [3.05, 3.63) is 40.2 Å². The van der Waals surface area contributed by atoms with Gasteiger partial charge in [0.25, 0.3) is 0 Å². The molecule has 26 heavy (non-hydrogen) atoms. The predicted octanol–water partition coefficient (Wildman–Crippen LogP) is 3.63. The lowest BCUT2D eigenvalue weighted by molar-refractivity contribution is 0.0457. The van der Waals surface area contributed by atoms with Crippen molar-refractivity contribution in [2.45, 2.75) is 37.3 Å². The highest BCUT2D eigenvalue weighted by molar-refractivity contribution is 7.98. The standard InChI is InChI=1S/C18H18N4O2S2/c1-25-16-11(6-4-8-20-16)18(23)24-9-13-21-15(19)14-10-5-2-3-7-12(10)26-17(14)22-13/h4,6,8H,2-3,5,7,9H2,1H3,(H2,19,21,22). The molecule has 0 radical (unpaired) electrons. The van der Waals surface area contributed by atoms with E-state index in [1.807, 2.05) is 6.26 Å². The molecule has 6 nitrogen and oxygen atoms in total. The van der Waals surface area contributed by atoms with Crippen LogP contribution >= 0.6 is 23.1 Å². The second-order valence-corrected chi connectivity index (χ2v) is 7.93. The molecule has 0 aliphatic heterocycles. The molecule has 0 aromatic carbocycles. The Labute approximate surface area is 159 Å². The number of anilines is 1. The number of nitrogens with zero attached hydrogens (tertiary/aromatic N) is 3. The fourth-order valence-corrected chi connectivity index (χ4v) is 5.04. The van der Waals surface area contributed by atoms with Crippen molar-refractivity contribution in [1.82, 2.24) is 15.0 Å². The van der Waals surface area contributed by atoms with Crippen LogP contribution in [0.4, 0.5) is 5.82 Å². The van der Waals surface area contributed by atoms with Crippen molar-refractivity contribution >= 4 is 45.1 Å². The first-order valence-electron chi connectivity index (χ1n) is 8.40. The SMILES string of the molecule is CSc1ncccc1C(=O)OCc1nc(N)c2c3c(sc2n1)CCCC3. The highest BCUT2D eigenvalue weighted by Crippen LogP contribution is 2.37. The van der Waals surface area contributed by atoms with E-state index in [1.165, 1.54) is 35.0 Å². The summed E-state index contributed by atoms with van der Waals surface area (Å²) < 4.78 is 5.39. The Hall–Kier alpha value is -2.19. The molecule has 0 fully saturated rings. The zero-order valence-corrected chi connectivity index (χ0v) is 16.0. The van der Waals surface area contributed by atoms with Gasteiger partial charge in [0.1, 0.15) is 15.7 Å². The van der Waals surface area contributed by atoms with E-state index in [1.54, 1.807) is 29.7 Å². The van der Waals surface area contributed by atoms with Gasteiger partial charge in [-0.15, -0.1) is 23.1 Å². The number of fused-ring (bicyclic) bond motifs is 3. The summed E-state index contributed by atoms with van der Waals surface area (Å²) in [6.07, 6.45) is 8.03. The van der Waals surface area contributed by atoms with Gasteiger partial charge in [-0.3, -0.25) is 0 Å². The number of rotatable bonds is 4. The fraction of sp³-hybridized carbons (Fsp3) is 0.333. The number of thiophene rings is 1. The zero-order valence-electron chi connectivity index (χ0n) is 14.3. The number of nitrogens with two attached hydrogens (primary N) is 1. The quantitative estimate of drug-likeness (QED) is 0.541. The van der Waals surface area contributed by atoms with Gasteiger partial charge < -0.3 is 10.5 Å². The van der Waals surface area contributed by atoms with E-state index in [0.717, 1.165) is 23.1 Å². The lowest BCUT2D eigenvalue weighted by atomic mass is 9.97. The van der Waals surface area contributed by atoms with Gasteiger partial charge in [-0.1, -0.05) is 0 Å². The van der Waals surface area contributed by atoms with Crippen molar-refractivity contribution in [2.75, 3.05) is 12.0 Å². The summed E-state index contributed by atoms with van der Waals surface area (Å²) in [5.41, 5.74) is 7.94. The molecule has 1 aliphatic rings.